The fourth-order valence-corrected chi connectivity index (χ4v) is 7.95. The number of carbonyl (C=O) groups is 3. The van der Waals surface area contributed by atoms with Gasteiger partial charge in [-0.25, -0.2) is 4.39 Å². The first kappa shape index (κ1) is 23.6. The Kier molecular flexibility index (Phi) is 5.53. The summed E-state index contributed by atoms with van der Waals surface area (Å²) < 4.78 is 23.1. The van der Waals surface area contributed by atoms with Crippen molar-refractivity contribution in [2.45, 2.75) is 77.2 Å². The highest BCUT2D eigenvalue weighted by atomic mass is 35.5. The van der Waals surface area contributed by atoms with E-state index in [1.807, 2.05) is 13.8 Å². The number of allylic oxidation sites excluding steroid dienone is 4. The van der Waals surface area contributed by atoms with Crippen molar-refractivity contribution >= 4 is 29.1 Å². The first-order chi connectivity index (χ1) is 14.9. The van der Waals surface area contributed by atoms with Crippen molar-refractivity contribution in [2.24, 2.45) is 28.6 Å². The maximum atomic E-state index is 17.2. The average Bonchev–Trinajstić information content (AvgIpc) is 2.96. The fourth-order valence-electron chi connectivity index (χ4n) is 7.75. The number of ether oxygens (including phenoxy) is 1. The summed E-state index contributed by atoms with van der Waals surface area (Å²) in [6, 6.07) is 0. The lowest BCUT2D eigenvalue weighted by molar-refractivity contribution is -0.227. The van der Waals surface area contributed by atoms with E-state index in [0.717, 1.165) is 0 Å². The van der Waals surface area contributed by atoms with E-state index in [1.165, 1.54) is 12.2 Å². The van der Waals surface area contributed by atoms with Gasteiger partial charge in [0.1, 0.15) is 0 Å². The van der Waals surface area contributed by atoms with E-state index in [2.05, 4.69) is 0 Å². The highest BCUT2D eigenvalue weighted by Gasteiger charge is 2.77. The number of rotatable bonds is 4. The maximum absolute atomic E-state index is 17.2. The third kappa shape index (κ3) is 2.68. The Morgan fingerprint density at radius 2 is 2.00 bits per heavy atom. The molecule has 3 fully saturated rings. The Hall–Kier alpha value is -1.53. The van der Waals surface area contributed by atoms with Gasteiger partial charge in [-0.2, -0.15) is 0 Å². The molecule has 4 rings (SSSR count). The van der Waals surface area contributed by atoms with Gasteiger partial charge >= 0.3 is 5.97 Å². The van der Waals surface area contributed by atoms with Crippen LogP contribution in [0.4, 0.5) is 4.39 Å². The fraction of sp³-hybridized carbons (Fsp3) is 0.720. The second-order valence-corrected chi connectivity index (χ2v) is 10.8. The van der Waals surface area contributed by atoms with E-state index in [1.54, 1.807) is 19.9 Å². The van der Waals surface area contributed by atoms with Crippen molar-refractivity contribution in [3.05, 3.63) is 23.8 Å². The molecule has 0 aliphatic heterocycles. The van der Waals surface area contributed by atoms with Gasteiger partial charge in [-0.3, -0.25) is 14.4 Å². The number of hydrogen-bond acceptors (Lipinski definition) is 5. The summed E-state index contributed by atoms with van der Waals surface area (Å²) in [5.41, 5.74) is -4.83. The number of ketones is 2. The van der Waals surface area contributed by atoms with Gasteiger partial charge in [-0.15, -0.1) is 11.6 Å². The van der Waals surface area contributed by atoms with Crippen LogP contribution < -0.4 is 0 Å². The molecule has 4 aliphatic rings. The van der Waals surface area contributed by atoms with Gasteiger partial charge < -0.3 is 9.84 Å². The molecule has 0 heterocycles. The highest BCUT2D eigenvalue weighted by Crippen LogP contribution is 2.71. The van der Waals surface area contributed by atoms with E-state index in [9.17, 15) is 19.5 Å². The van der Waals surface area contributed by atoms with Crippen LogP contribution in [-0.2, 0) is 19.1 Å². The third-order valence-corrected chi connectivity index (χ3v) is 9.52. The van der Waals surface area contributed by atoms with E-state index >= 15 is 4.39 Å². The van der Waals surface area contributed by atoms with E-state index in [-0.39, 0.29) is 42.1 Å². The topological polar surface area (TPSA) is 80.7 Å². The summed E-state index contributed by atoms with van der Waals surface area (Å²) >= 11 is 6.01. The van der Waals surface area contributed by atoms with Gasteiger partial charge in [-0.05, 0) is 50.7 Å². The molecule has 0 aromatic heterocycles. The molecule has 4 aliphatic carbocycles. The molecule has 0 aromatic carbocycles. The standard InChI is InChI=1S/C25H32ClFO5/c1-5-21(31)32-25(20(30)13-26)14(2)10-18-17-7-6-15-11-16(28)8-9-22(15,3)24(17,27)19(29)12-23(18,25)4/h8-9,11,14,17-19,29H,5-7,10,12-13H2,1-4H3/t14-,17-,18-,19-,22-,23-,24-,25-/m1/s1. The number of hydrogen-bond donors (Lipinski definition) is 1. The summed E-state index contributed by atoms with van der Waals surface area (Å²) in [5.74, 6) is -2.57. The molecule has 0 aromatic rings. The highest BCUT2D eigenvalue weighted by molar-refractivity contribution is 6.29. The molecular formula is C25H32ClFO5. The Morgan fingerprint density at radius 3 is 2.62 bits per heavy atom. The summed E-state index contributed by atoms with van der Waals surface area (Å²) in [7, 11) is 0. The Labute approximate surface area is 193 Å². The molecule has 3 saturated carbocycles. The third-order valence-electron chi connectivity index (χ3n) is 9.28. The largest absolute Gasteiger partial charge is 0.450 e. The summed E-state index contributed by atoms with van der Waals surface area (Å²) in [4.78, 5) is 37.7. The molecule has 176 valence electrons. The Balaban J connectivity index is 1.85. The van der Waals surface area contributed by atoms with Gasteiger partial charge in [0.2, 0.25) is 0 Å². The number of halogens is 2. The predicted molar refractivity (Wildman–Crippen MR) is 118 cm³/mol. The molecule has 32 heavy (non-hydrogen) atoms. The number of Topliss-reactive ketones (excluding diaryl/α,β-unsaturated/α-hetero) is 1. The lowest BCUT2D eigenvalue weighted by Crippen LogP contribution is -2.70. The van der Waals surface area contributed by atoms with E-state index in [4.69, 9.17) is 16.3 Å². The van der Waals surface area contributed by atoms with Crippen LogP contribution in [0.25, 0.3) is 0 Å². The molecule has 0 amide bonds. The first-order valence-corrected chi connectivity index (χ1v) is 12.1. The van der Waals surface area contributed by atoms with Crippen LogP contribution in [0.2, 0.25) is 0 Å². The normalized spacial score (nSPS) is 47.2. The monoisotopic (exact) mass is 466 g/mol. The number of aliphatic hydroxyl groups is 1. The maximum Gasteiger partial charge on any atom is 0.306 e. The molecule has 0 unspecified atom stereocenters. The lowest BCUT2D eigenvalue weighted by Gasteiger charge is -2.62. The second-order valence-electron chi connectivity index (χ2n) is 10.5. The summed E-state index contributed by atoms with van der Waals surface area (Å²) in [5, 5.41) is 11.4. The zero-order chi connectivity index (χ0) is 23.7. The van der Waals surface area contributed by atoms with Gasteiger partial charge in [0.15, 0.2) is 22.8 Å². The molecule has 0 bridgehead atoms. The number of aliphatic hydroxyl groups excluding tert-OH is 1. The van der Waals surface area contributed by atoms with Crippen LogP contribution in [0.3, 0.4) is 0 Å². The SMILES string of the molecule is CCC(=O)O[C@@]1(C(=O)CCl)[C@H](C)C[C@@H]2[C@H]3CCC4=CC(=O)C=C[C@@]4(C)[C@]3(F)[C@H](O)C[C@]21C. The van der Waals surface area contributed by atoms with E-state index < -0.39 is 40.1 Å². The molecule has 8 atom stereocenters. The van der Waals surface area contributed by atoms with Crippen LogP contribution in [0.15, 0.2) is 23.8 Å². The van der Waals surface area contributed by atoms with Crippen LogP contribution in [0.5, 0.6) is 0 Å². The lowest BCUT2D eigenvalue weighted by atomic mass is 9.44. The molecule has 0 saturated heterocycles. The molecular weight excluding hydrogens is 435 g/mol. The van der Waals surface area contributed by atoms with Gasteiger partial charge in [0, 0.05) is 29.1 Å². The Bertz CT molecular complexity index is 929. The van der Waals surface area contributed by atoms with Crippen molar-refractivity contribution in [2.75, 3.05) is 5.88 Å². The molecule has 0 radical (unpaired) electrons. The van der Waals surface area contributed by atoms with Crippen molar-refractivity contribution in [1.29, 1.82) is 0 Å². The number of carbonyl (C=O) groups excluding carboxylic acids is 3. The minimum Gasteiger partial charge on any atom is -0.450 e. The van der Waals surface area contributed by atoms with Crippen molar-refractivity contribution < 1.29 is 28.6 Å². The Morgan fingerprint density at radius 1 is 1.31 bits per heavy atom. The molecule has 0 spiro atoms. The van der Waals surface area contributed by atoms with Gasteiger partial charge in [0.25, 0.3) is 0 Å². The van der Waals surface area contributed by atoms with Crippen molar-refractivity contribution in [1.82, 2.24) is 0 Å². The summed E-state index contributed by atoms with van der Waals surface area (Å²) in [6.07, 6.45) is 4.67. The second kappa shape index (κ2) is 7.49. The molecule has 1 N–H and O–H groups in total. The number of fused-ring (bicyclic) bond motifs is 5. The zero-order valence-electron chi connectivity index (χ0n) is 19.1. The quantitative estimate of drug-likeness (QED) is 0.498. The zero-order valence-corrected chi connectivity index (χ0v) is 19.9. The van der Waals surface area contributed by atoms with Crippen LogP contribution in [-0.4, -0.2) is 45.9 Å². The average molecular weight is 467 g/mol. The van der Waals surface area contributed by atoms with Crippen molar-refractivity contribution in [3.8, 4) is 0 Å². The smallest absolute Gasteiger partial charge is 0.306 e. The predicted octanol–water partition coefficient (Wildman–Crippen LogP) is 4.10. The first-order valence-electron chi connectivity index (χ1n) is 11.5. The van der Waals surface area contributed by atoms with Crippen LogP contribution >= 0.6 is 11.6 Å². The summed E-state index contributed by atoms with van der Waals surface area (Å²) in [6.45, 7) is 7.13. The van der Waals surface area contributed by atoms with Gasteiger partial charge in [-0.1, -0.05) is 32.4 Å². The van der Waals surface area contributed by atoms with Crippen LogP contribution in [0.1, 0.15) is 59.8 Å². The van der Waals surface area contributed by atoms with Crippen LogP contribution in [0, 0.1) is 28.6 Å². The molecule has 7 heteroatoms. The molecule has 5 nitrogen and oxygen atoms in total. The van der Waals surface area contributed by atoms with Gasteiger partial charge in [0.05, 0.1) is 12.0 Å². The minimum absolute atomic E-state index is 0.0285. The minimum atomic E-state index is -1.99. The number of esters is 1. The van der Waals surface area contributed by atoms with E-state index in [0.29, 0.717) is 24.8 Å². The van der Waals surface area contributed by atoms with Crippen molar-refractivity contribution in [3.63, 3.8) is 0 Å². The number of alkyl halides is 2.